The molecule has 0 aliphatic carbocycles. The number of nitrogens with one attached hydrogen (secondary N) is 1. The van der Waals surface area contributed by atoms with Crippen LogP contribution in [0.15, 0.2) is 0 Å². The number of hydrazine groups is 1. The van der Waals surface area contributed by atoms with Crippen LogP contribution in [0.25, 0.3) is 0 Å². The van der Waals surface area contributed by atoms with Gasteiger partial charge in [0.1, 0.15) is 0 Å². The Bertz CT molecular complexity index is 158. The Morgan fingerprint density at radius 2 is 2.09 bits per heavy atom. The van der Waals surface area contributed by atoms with Gasteiger partial charge >= 0.3 is 0 Å². The number of ketones is 1. The molecule has 0 aromatic rings. The average molecular weight is 159 g/mol. The molecule has 0 saturated heterocycles. The summed E-state index contributed by atoms with van der Waals surface area (Å²) in [6, 6.07) is -0.627. The molecule has 0 aromatic carbocycles. The van der Waals surface area contributed by atoms with Gasteiger partial charge in [-0.05, 0) is 6.42 Å². The Morgan fingerprint density at radius 3 is 2.36 bits per heavy atom. The zero-order valence-corrected chi connectivity index (χ0v) is 6.46. The van der Waals surface area contributed by atoms with Gasteiger partial charge in [0.25, 0.3) is 5.91 Å². The normalized spacial score (nSPS) is 12.5. The molecule has 0 aliphatic rings. The van der Waals surface area contributed by atoms with Crippen molar-refractivity contribution < 1.29 is 9.59 Å². The molecule has 1 amide bonds. The largest absolute Gasteiger partial charge is 0.363 e. The molecule has 5 N–H and O–H groups in total. The smallest absolute Gasteiger partial charge is 0.286 e. The van der Waals surface area contributed by atoms with Crippen LogP contribution < -0.4 is 17.0 Å². The Balaban J connectivity index is 4.02. The van der Waals surface area contributed by atoms with Crippen molar-refractivity contribution >= 4 is 11.7 Å². The molecule has 11 heavy (non-hydrogen) atoms. The lowest BCUT2D eigenvalue weighted by Crippen LogP contribution is -2.46. The minimum absolute atomic E-state index is 0.526. The van der Waals surface area contributed by atoms with Gasteiger partial charge in [0.05, 0.1) is 6.04 Å². The molecule has 5 heteroatoms. The highest BCUT2D eigenvalue weighted by Gasteiger charge is 2.20. The van der Waals surface area contributed by atoms with Gasteiger partial charge in [0.2, 0.25) is 5.78 Å². The lowest BCUT2D eigenvalue weighted by atomic mass is 10.1. The zero-order chi connectivity index (χ0) is 8.85. The third-order valence-electron chi connectivity index (χ3n) is 1.34. The standard InChI is InChI=1S/C6H13N3O2/c1-2-3-4(9-8)5(10)6(7)11/h4,9H,2-3,8H2,1H3,(H2,7,11). The van der Waals surface area contributed by atoms with Crippen LogP contribution >= 0.6 is 0 Å². The van der Waals surface area contributed by atoms with E-state index in [0.29, 0.717) is 6.42 Å². The molecule has 0 aliphatic heterocycles. The quantitative estimate of drug-likeness (QED) is 0.263. The lowest BCUT2D eigenvalue weighted by molar-refractivity contribution is -0.137. The summed E-state index contributed by atoms with van der Waals surface area (Å²) in [4.78, 5) is 21.2. The van der Waals surface area contributed by atoms with Gasteiger partial charge in [0.15, 0.2) is 0 Å². The molecule has 64 valence electrons. The second-order valence-electron chi connectivity index (χ2n) is 2.24. The average Bonchev–Trinajstić information content (AvgIpc) is 1.98. The number of rotatable bonds is 5. The highest BCUT2D eigenvalue weighted by molar-refractivity contribution is 6.37. The van der Waals surface area contributed by atoms with E-state index in [-0.39, 0.29) is 0 Å². The highest BCUT2D eigenvalue weighted by atomic mass is 16.2. The molecule has 5 nitrogen and oxygen atoms in total. The van der Waals surface area contributed by atoms with E-state index in [2.05, 4.69) is 5.43 Å². The monoisotopic (exact) mass is 159 g/mol. The molecule has 0 rings (SSSR count). The van der Waals surface area contributed by atoms with Gasteiger partial charge in [0, 0.05) is 0 Å². The van der Waals surface area contributed by atoms with Crippen LogP contribution in [0.5, 0.6) is 0 Å². The van der Waals surface area contributed by atoms with Gasteiger partial charge in [-0.3, -0.25) is 15.4 Å². The van der Waals surface area contributed by atoms with E-state index >= 15 is 0 Å². The van der Waals surface area contributed by atoms with Crippen molar-refractivity contribution in [2.24, 2.45) is 11.6 Å². The Hall–Kier alpha value is -0.940. The summed E-state index contributed by atoms with van der Waals surface area (Å²) in [7, 11) is 0. The van der Waals surface area contributed by atoms with E-state index in [1.807, 2.05) is 6.92 Å². The van der Waals surface area contributed by atoms with Crippen molar-refractivity contribution in [3.8, 4) is 0 Å². The molecule has 1 atom stereocenters. The number of hydrogen-bond acceptors (Lipinski definition) is 4. The summed E-state index contributed by atoms with van der Waals surface area (Å²) in [5, 5.41) is 0. The second kappa shape index (κ2) is 4.81. The van der Waals surface area contributed by atoms with Crippen LogP contribution in [0.2, 0.25) is 0 Å². The SMILES string of the molecule is CCCC(NN)C(=O)C(N)=O. The molecule has 0 bridgehead atoms. The Kier molecular flexibility index (Phi) is 4.40. The van der Waals surface area contributed by atoms with Gasteiger partial charge in [-0.2, -0.15) is 0 Å². The highest BCUT2D eigenvalue weighted by Crippen LogP contribution is 1.95. The fourth-order valence-corrected chi connectivity index (χ4v) is 0.751. The minimum Gasteiger partial charge on any atom is -0.363 e. The number of hydrogen-bond donors (Lipinski definition) is 3. The summed E-state index contributed by atoms with van der Waals surface area (Å²) in [6.45, 7) is 1.89. The number of nitrogens with two attached hydrogens (primary N) is 2. The summed E-state index contributed by atoms with van der Waals surface area (Å²) in [5.41, 5.74) is 6.99. The van der Waals surface area contributed by atoms with E-state index in [0.717, 1.165) is 6.42 Å². The third-order valence-corrected chi connectivity index (χ3v) is 1.34. The van der Waals surface area contributed by atoms with E-state index in [1.165, 1.54) is 0 Å². The number of amides is 1. The van der Waals surface area contributed by atoms with Crippen LogP contribution in [0, 0.1) is 0 Å². The zero-order valence-electron chi connectivity index (χ0n) is 6.46. The van der Waals surface area contributed by atoms with Gasteiger partial charge in [-0.25, -0.2) is 5.43 Å². The molecule has 0 spiro atoms. The first kappa shape index (κ1) is 10.1. The van der Waals surface area contributed by atoms with Crippen molar-refractivity contribution in [3.63, 3.8) is 0 Å². The van der Waals surface area contributed by atoms with Crippen LogP contribution in [0.3, 0.4) is 0 Å². The van der Waals surface area contributed by atoms with Crippen molar-refractivity contribution in [2.45, 2.75) is 25.8 Å². The maximum Gasteiger partial charge on any atom is 0.286 e. The maximum absolute atomic E-state index is 10.8. The first-order valence-corrected chi connectivity index (χ1v) is 3.43. The van der Waals surface area contributed by atoms with Crippen molar-refractivity contribution in [2.75, 3.05) is 0 Å². The summed E-state index contributed by atoms with van der Waals surface area (Å²) in [6.07, 6.45) is 1.30. The molecule has 0 fully saturated rings. The number of primary amides is 1. The van der Waals surface area contributed by atoms with E-state index < -0.39 is 17.7 Å². The molecule has 0 aromatic heterocycles. The van der Waals surface area contributed by atoms with E-state index in [4.69, 9.17) is 11.6 Å². The maximum atomic E-state index is 10.8. The predicted octanol–water partition coefficient (Wildman–Crippen LogP) is -1.33. The molecule has 1 unspecified atom stereocenters. The first-order chi connectivity index (χ1) is 5.13. The third kappa shape index (κ3) is 3.10. The molecule has 0 saturated carbocycles. The van der Waals surface area contributed by atoms with Crippen molar-refractivity contribution in [3.05, 3.63) is 0 Å². The number of carbonyl (C=O) groups excluding carboxylic acids is 2. The van der Waals surface area contributed by atoms with E-state index in [9.17, 15) is 9.59 Å². The van der Waals surface area contributed by atoms with Crippen LogP contribution in [0.4, 0.5) is 0 Å². The summed E-state index contributed by atoms with van der Waals surface area (Å²) in [5.74, 6) is 3.42. The van der Waals surface area contributed by atoms with E-state index in [1.54, 1.807) is 0 Å². The topological polar surface area (TPSA) is 98.2 Å². The van der Waals surface area contributed by atoms with Crippen LogP contribution in [0.1, 0.15) is 19.8 Å². The molecule has 0 radical (unpaired) electrons. The van der Waals surface area contributed by atoms with Crippen molar-refractivity contribution in [1.82, 2.24) is 5.43 Å². The molecular formula is C6H13N3O2. The number of carbonyl (C=O) groups is 2. The fraction of sp³-hybridized carbons (Fsp3) is 0.667. The predicted molar refractivity (Wildman–Crippen MR) is 40.2 cm³/mol. The Labute approximate surface area is 65.1 Å². The summed E-state index contributed by atoms with van der Waals surface area (Å²) < 4.78 is 0. The minimum atomic E-state index is -0.943. The summed E-state index contributed by atoms with van der Waals surface area (Å²) >= 11 is 0. The molecular weight excluding hydrogens is 146 g/mol. The fourth-order valence-electron chi connectivity index (χ4n) is 0.751. The number of Topliss-reactive ketones (excluding diaryl/α,β-unsaturated/α-hetero) is 1. The Morgan fingerprint density at radius 1 is 1.55 bits per heavy atom. The molecule has 0 heterocycles. The van der Waals surface area contributed by atoms with Gasteiger partial charge in [-0.15, -0.1) is 0 Å². The second-order valence-corrected chi connectivity index (χ2v) is 2.24. The first-order valence-electron chi connectivity index (χ1n) is 3.43. The van der Waals surface area contributed by atoms with Gasteiger partial charge < -0.3 is 5.73 Å². The lowest BCUT2D eigenvalue weighted by Gasteiger charge is -2.09. The van der Waals surface area contributed by atoms with Gasteiger partial charge in [-0.1, -0.05) is 13.3 Å². The van der Waals surface area contributed by atoms with Crippen LogP contribution in [-0.4, -0.2) is 17.7 Å². The van der Waals surface area contributed by atoms with Crippen molar-refractivity contribution in [1.29, 1.82) is 0 Å². The van der Waals surface area contributed by atoms with Crippen LogP contribution in [-0.2, 0) is 9.59 Å².